The molecule has 0 aliphatic rings. The standard InChI is InChI=1S/C17H18O2S3/c18-9-13-1-5-15(6-2-13)11-21-17(20)22-12-16-7-3-14(10-19)4-8-16/h1-8,18-19H,9-12H2. The van der Waals surface area contributed by atoms with Gasteiger partial charge in [-0.3, -0.25) is 0 Å². The maximum Gasteiger partial charge on any atom is 0.104 e. The van der Waals surface area contributed by atoms with Crippen molar-refractivity contribution in [1.82, 2.24) is 0 Å². The van der Waals surface area contributed by atoms with Crippen LogP contribution in [0.15, 0.2) is 48.5 Å². The molecule has 2 nitrogen and oxygen atoms in total. The molecule has 0 amide bonds. The number of hydrogen-bond donors (Lipinski definition) is 2. The maximum atomic E-state index is 9.01. The van der Waals surface area contributed by atoms with E-state index in [0.717, 1.165) is 26.2 Å². The molecule has 0 aliphatic heterocycles. The Morgan fingerprint density at radius 1 is 0.682 bits per heavy atom. The second-order valence-electron chi connectivity index (χ2n) is 4.78. The molecule has 116 valence electrons. The summed E-state index contributed by atoms with van der Waals surface area (Å²) in [4.78, 5) is 0. The van der Waals surface area contributed by atoms with E-state index in [0.29, 0.717) is 0 Å². The fourth-order valence-corrected chi connectivity index (χ4v) is 3.80. The Bertz CT molecular complexity index is 541. The lowest BCUT2D eigenvalue weighted by Crippen LogP contribution is -1.89. The monoisotopic (exact) mass is 350 g/mol. The van der Waals surface area contributed by atoms with E-state index >= 15 is 0 Å². The smallest absolute Gasteiger partial charge is 0.104 e. The third-order valence-electron chi connectivity index (χ3n) is 3.12. The van der Waals surface area contributed by atoms with Gasteiger partial charge < -0.3 is 10.2 Å². The van der Waals surface area contributed by atoms with Crippen molar-refractivity contribution in [2.75, 3.05) is 0 Å². The molecule has 0 unspecified atom stereocenters. The summed E-state index contributed by atoms with van der Waals surface area (Å²) in [6.45, 7) is 0.160. The molecule has 2 aromatic rings. The number of rotatable bonds is 6. The first-order valence-corrected chi connectivity index (χ1v) is 9.26. The van der Waals surface area contributed by atoms with Gasteiger partial charge in [0, 0.05) is 11.5 Å². The third-order valence-corrected chi connectivity index (χ3v) is 5.97. The van der Waals surface area contributed by atoms with Crippen LogP contribution in [0.2, 0.25) is 0 Å². The van der Waals surface area contributed by atoms with E-state index in [1.54, 1.807) is 23.5 Å². The van der Waals surface area contributed by atoms with Crippen molar-refractivity contribution < 1.29 is 10.2 Å². The van der Waals surface area contributed by atoms with Crippen LogP contribution in [0.3, 0.4) is 0 Å². The number of thiocarbonyl (C=S) groups is 1. The molecule has 2 aromatic carbocycles. The van der Waals surface area contributed by atoms with Crippen LogP contribution in [0.25, 0.3) is 0 Å². The molecule has 22 heavy (non-hydrogen) atoms. The van der Waals surface area contributed by atoms with E-state index in [-0.39, 0.29) is 13.2 Å². The van der Waals surface area contributed by atoms with E-state index < -0.39 is 0 Å². The van der Waals surface area contributed by atoms with Gasteiger partial charge in [0.25, 0.3) is 0 Å². The third kappa shape index (κ3) is 5.74. The zero-order chi connectivity index (χ0) is 15.8. The largest absolute Gasteiger partial charge is 0.392 e. The van der Waals surface area contributed by atoms with Crippen LogP contribution in [0.1, 0.15) is 22.3 Å². The van der Waals surface area contributed by atoms with E-state index in [1.165, 1.54) is 11.1 Å². The Balaban J connectivity index is 1.74. The van der Waals surface area contributed by atoms with Gasteiger partial charge in [0.15, 0.2) is 0 Å². The molecular weight excluding hydrogens is 332 g/mol. The minimum atomic E-state index is 0.0801. The lowest BCUT2D eigenvalue weighted by Gasteiger charge is -2.05. The number of aliphatic hydroxyl groups excluding tert-OH is 2. The van der Waals surface area contributed by atoms with Crippen molar-refractivity contribution in [3.8, 4) is 0 Å². The molecule has 0 atom stereocenters. The first kappa shape index (κ1) is 17.5. The van der Waals surface area contributed by atoms with Gasteiger partial charge in [-0.05, 0) is 22.3 Å². The van der Waals surface area contributed by atoms with Crippen molar-refractivity contribution in [3.05, 3.63) is 70.8 Å². The summed E-state index contributed by atoms with van der Waals surface area (Å²) in [5, 5.41) is 18.0. The fraction of sp³-hybridized carbons (Fsp3) is 0.235. The maximum absolute atomic E-state index is 9.01. The second-order valence-corrected chi connectivity index (χ2v) is 7.93. The highest BCUT2D eigenvalue weighted by molar-refractivity contribution is 8.46. The van der Waals surface area contributed by atoms with E-state index in [2.05, 4.69) is 0 Å². The zero-order valence-corrected chi connectivity index (χ0v) is 14.5. The highest BCUT2D eigenvalue weighted by atomic mass is 32.2. The van der Waals surface area contributed by atoms with Gasteiger partial charge >= 0.3 is 0 Å². The van der Waals surface area contributed by atoms with Crippen LogP contribution in [0.5, 0.6) is 0 Å². The summed E-state index contributed by atoms with van der Waals surface area (Å²) in [5.74, 6) is 1.70. The van der Waals surface area contributed by atoms with Gasteiger partial charge in [0.1, 0.15) is 3.53 Å². The highest BCUT2D eigenvalue weighted by Crippen LogP contribution is 2.25. The van der Waals surface area contributed by atoms with Crippen molar-refractivity contribution in [2.24, 2.45) is 0 Å². The molecular formula is C17H18O2S3. The van der Waals surface area contributed by atoms with E-state index in [1.807, 2.05) is 48.5 Å². The van der Waals surface area contributed by atoms with Gasteiger partial charge in [-0.2, -0.15) is 0 Å². The fourth-order valence-electron chi connectivity index (χ4n) is 1.81. The summed E-state index contributed by atoms with van der Waals surface area (Å²) >= 11 is 8.72. The Hall–Kier alpha value is -0.850. The molecule has 0 aliphatic carbocycles. The normalized spacial score (nSPS) is 10.6. The van der Waals surface area contributed by atoms with E-state index in [4.69, 9.17) is 22.4 Å². The van der Waals surface area contributed by atoms with Gasteiger partial charge in [-0.25, -0.2) is 0 Å². The van der Waals surface area contributed by atoms with Gasteiger partial charge in [-0.1, -0.05) is 60.7 Å². The molecule has 0 saturated heterocycles. The van der Waals surface area contributed by atoms with Crippen molar-refractivity contribution in [2.45, 2.75) is 24.7 Å². The first-order chi connectivity index (χ1) is 10.7. The van der Waals surface area contributed by atoms with Crippen LogP contribution in [0.4, 0.5) is 0 Å². The molecule has 0 radical (unpaired) electrons. The molecule has 2 N–H and O–H groups in total. The van der Waals surface area contributed by atoms with Crippen LogP contribution < -0.4 is 0 Å². The summed E-state index contributed by atoms with van der Waals surface area (Å²) < 4.78 is 0.928. The predicted molar refractivity (Wildman–Crippen MR) is 99.9 cm³/mol. The minimum absolute atomic E-state index is 0.0801. The summed E-state index contributed by atoms with van der Waals surface area (Å²) in [7, 11) is 0. The van der Waals surface area contributed by atoms with Crippen molar-refractivity contribution >= 4 is 39.3 Å². The summed E-state index contributed by atoms with van der Waals surface area (Å²) in [6, 6.07) is 15.9. The van der Waals surface area contributed by atoms with Crippen molar-refractivity contribution in [1.29, 1.82) is 0 Å². The average Bonchev–Trinajstić information content (AvgIpc) is 2.59. The Kier molecular flexibility index (Phi) is 7.42. The van der Waals surface area contributed by atoms with E-state index in [9.17, 15) is 0 Å². The number of aliphatic hydroxyl groups is 2. The Morgan fingerprint density at radius 3 is 1.32 bits per heavy atom. The predicted octanol–water partition coefficient (Wildman–Crippen LogP) is 4.12. The summed E-state index contributed by atoms with van der Waals surface area (Å²) in [5.41, 5.74) is 4.27. The van der Waals surface area contributed by atoms with Crippen molar-refractivity contribution in [3.63, 3.8) is 0 Å². The molecule has 0 bridgehead atoms. The molecule has 2 rings (SSSR count). The number of hydrogen-bond acceptors (Lipinski definition) is 5. The number of thioether (sulfide) groups is 2. The molecule has 0 heterocycles. The molecule has 0 saturated carbocycles. The topological polar surface area (TPSA) is 40.5 Å². The Labute approximate surface area is 145 Å². The van der Waals surface area contributed by atoms with Gasteiger partial charge in [0.05, 0.1) is 13.2 Å². The first-order valence-electron chi connectivity index (χ1n) is 6.88. The zero-order valence-electron chi connectivity index (χ0n) is 12.1. The lowest BCUT2D eigenvalue weighted by molar-refractivity contribution is 0.281. The SMILES string of the molecule is OCc1ccc(CSC(=S)SCc2ccc(CO)cc2)cc1. The van der Waals surface area contributed by atoms with Gasteiger partial charge in [0.2, 0.25) is 0 Å². The molecule has 0 spiro atoms. The Morgan fingerprint density at radius 2 is 1.00 bits per heavy atom. The van der Waals surface area contributed by atoms with Crippen LogP contribution in [0, 0.1) is 0 Å². The van der Waals surface area contributed by atoms with Crippen LogP contribution in [-0.4, -0.2) is 13.7 Å². The highest BCUT2D eigenvalue weighted by Gasteiger charge is 2.02. The van der Waals surface area contributed by atoms with Gasteiger partial charge in [-0.15, -0.1) is 23.5 Å². The lowest BCUT2D eigenvalue weighted by atomic mass is 10.2. The molecule has 0 aromatic heterocycles. The molecule has 5 heteroatoms. The average molecular weight is 351 g/mol. The van der Waals surface area contributed by atoms with Crippen LogP contribution >= 0.6 is 35.7 Å². The number of benzene rings is 2. The summed E-state index contributed by atoms with van der Waals surface area (Å²) in [6.07, 6.45) is 0. The van der Waals surface area contributed by atoms with Crippen LogP contribution in [-0.2, 0) is 24.7 Å². The second kappa shape index (κ2) is 9.33. The minimum Gasteiger partial charge on any atom is -0.392 e. The molecule has 0 fully saturated rings. The quantitative estimate of drug-likeness (QED) is 0.767.